The molecule has 1 aromatic heterocycles. The second kappa shape index (κ2) is 7.33. The van der Waals surface area contributed by atoms with Crippen molar-refractivity contribution in [3.63, 3.8) is 0 Å². The zero-order chi connectivity index (χ0) is 14.5. The highest BCUT2D eigenvalue weighted by Crippen LogP contribution is 2.18. The SMILES string of the molecule is CN(CCn1cc(CNC2CC2)nn1)CC1CCCOC1. The molecule has 1 aromatic rings. The summed E-state index contributed by atoms with van der Waals surface area (Å²) in [7, 11) is 2.18. The minimum atomic E-state index is 0.692. The van der Waals surface area contributed by atoms with E-state index in [-0.39, 0.29) is 0 Å². The van der Waals surface area contributed by atoms with E-state index in [1.54, 1.807) is 0 Å². The first-order chi connectivity index (χ1) is 10.3. The molecule has 1 aliphatic carbocycles. The Morgan fingerprint density at radius 3 is 3.10 bits per heavy atom. The van der Waals surface area contributed by atoms with Crippen LogP contribution in [0.15, 0.2) is 6.20 Å². The molecule has 2 aliphatic rings. The molecule has 0 amide bonds. The first-order valence-corrected chi connectivity index (χ1v) is 8.18. The number of aromatic nitrogens is 3. The molecule has 1 aliphatic heterocycles. The standard InChI is InChI=1S/C15H27N5O/c1-19(10-13-3-2-8-21-12-13)6-7-20-11-15(17-18-20)9-16-14-4-5-14/h11,13-14,16H,2-10,12H2,1H3. The highest BCUT2D eigenvalue weighted by Gasteiger charge is 2.20. The van der Waals surface area contributed by atoms with Gasteiger partial charge in [0, 0.05) is 38.5 Å². The van der Waals surface area contributed by atoms with E-state index in [0.717, 1.165) is 51.1 Å². The second-order valence-electron chi connectivity index (χ2n) is 6.47. The van der Waals surface area contributed by atoms with Crippen LogP contribution in [0.25, 0.3) is 0 Å². The molecule has 1 N–H and O–H groups in total. The van der Waals surface area contributed by atoms with Gasteiger partial charge in [0.25, 0.3) is 0 Å². The summed E-state index contributed by atoms with van der Waals surface area (Å²) in [4.78, 5) is 2.38. The fourth-order valence-corrected chi connectivity index (χ4v) is 2.82. The molecule has 6 heteroatoms. The van der Waals surface area contributed by atoms with Crippen molar-refractivity contribution >= 4 is 0 Å². The van der Waals surface area contributed by atoms with Crippen LogP contribution in [-0.2, 0) is 17.8 Å². The van der Waals surface area contributed by atoms with E-state index >= 15 is 0 Å². The van der Waals surface area contributed by atoms with E-state index in [1.807, 2.05) is 4.68 Å². The van der Waals surface area contributed by atoms with Crippen molar-refractivity contribution in [2.24, 2.45) is 5.92 Å². The van der Waals surface area contributed by atoms with Crippen LogP contribution in [0.1, 0.15) is 31.4 Å². The molecule has 1 saturated heterocycles. The normalized spacial score (nSPS) is 22.9. The van der Waals surface area contributed by atoms with E-state index in [1.165, 1.54) is 25.7 Å². The van der Waals surface area contributed by atoms with Crippen molar-refractivity contribution in [2.75, 3.05) is 33.4 Å². The van der Waals surface area contributed by atoms with Crippen molar-refractivity contribution in [1.29, 1.82) is 0 Å². The summed E-state index contributed by atoms with van der Waals surface area (Å²) in [5.41, 5.74) is 1.05. The van der Waals surface area contributed by atoms with Gasteiger partial charge in [-0.25, -0.2) is 0 Å². The van der Waals surface area contributed by atoms with Gasteiger partial charge in [-0.1, -0.05) is 5.21 Å². The van der Waals surface area contributed by atoms with Crippen LogP contribution < -0.4 is 5.32 Å². The van der Waals surface area contributed by atoms with Crippen molar-refractivity contribution in [3.8, 4) is 0 Å². The maximum absolute atomic E-state index is 5.54. The number of hydrogen-bond acceptors (Lipinski definition) is 5. The number of nitrogens with one attached hydrogen (secondary N) is 1. The smallest absolute Gasteiger partial charge is 0.0964 e. The maximum atomic E-state index is 5.54. The molecule has 1 unspecified atom stereocenters. The van der Waals surface area contributed by atoms with Crippen LogP contribution in [0.5, 0.6) is 0 Å². The molecule has 0 spiro atoms. The van der Waals surface area contributed by atoms with Gasteiger partial charge >= 0.3 is 0 Å². The lowest BCUT2D eigenvalue weighted by Gasteiger charge is -2.26. The number of nitrogens with zero attached hydrogens (tertiary/aromatic N) is 4. The first kappa shape index (κ1) is 14.9. The zero-order valence-corrected chi connectivity index (χ0v) is 13.0. The van der Waals surface area contributed by atoms with Crippen molar-refractivity contribution in [2.45, 2.75) is 44.8 Å². The van der Waals surface area contributed by atoms with Gasteiger partial charge < -0.3 is 15.0 Å². The van der Waals surface area contributed by atoms with Gasteiger partial charge in [0.05, 0.1) is 18.8 Å². The van der Waals surface area contributed by atoms with Crippen molar-refractivity contribution in [1.82, 2.24) is 25.2 Å². The molecule has 1 saturated carbocycles. The molecule has 1 atom stereocenters. The Morgan fingerprint density at radius 1 is 1.43 bits per heavy atom. The monoisotopic (exact) mass is 293 g/mol. The molecule has 2 fully saturated rings. The number of likely N-dealkylation sites (N-methyl/N-ethyl adjacent to an activating group) is 1. The Hall–Kier alpha value is -0.980. The molecule has 0 bridgehead atoms. The number of ether oxygens (including phenoxy) is 1. The fraction of sp³-hybridized carbons (Fsp3) is 0.867. The van der Waals surface area contributed by atoms with Gasteiger partial charge in [-0.2, -0.15) is 0 Å². The molecule has 0 aromatic carbocycles. The fourth-order valence-electron chi connectivity index (χ4n) is 2.82. The van der Waals surface area contributed by atoms with Crippen LogP contribution in [0.3, 0.4) is 0 Å². The Bertz CT molecular complexity index is 425. The second-order valence-corrected chi connectivity index (χ2v) is 6.47. The molecule has 6 nitrogen and oxygen atoms in total. The summed E-state index contributed by atoms with van der Waals surface area (Å²) in [6, 6.07) is 0.721. The topological polar surface area (TPSA) is 55.2 Å². The lowest BCUT2D eigenvalue weighted by atomic mass is 10.0. The van der Waals surface area contributed by atoms with Crippen molar-refractivity contribution < 1.29 is 4.74 Å². The number of rotatable bonds is 8. The van der Waals surface area contributed by atoms with E-state index in [2.05, 4.69) is 33.8 Å². The van der Waals surface area contributed by atoms with E-state index in [9.17, 15) is 0 Å². The van der Waals surface area contributed by atoms with Gasteiger partial charge in [-0.15, -0.1) is 5.10 Å². The zero-order valence-electron chi connectivity index (χ0n) is 13.0. The average molecular weight is 293 g/mol. The van der Waals surface area contributed by atoms with Crippen LogP contribution >= 0.6 is 0 Å². The Balaban J connectivity index is 1.35. The minimum absolute atomic E-state index is 0.692. The number of hydrogen-bond donors (Lipinski definition) is 1. The predicted octanol–water partition coefficient (Wildman–Crippen LogP) is 0.889. The van der Waals surface area contributed by atoms with Crippen LogP contribution in [0.2, 0.25) is 0 Å². The van der Waals surface area contributed by atoms with E-state index < -0.39 is 0 Å². The Morgan fingerprint density at radius 2 is 2.33 bits per heavy atom. The van der Waals surface area contributed by atoms with Gasteiger partial charge in [0.2, 0.25) is 0 Å². The summed E-state index contributed by atoms with van der Waals surface area (Å²) in [6.45, 7) is 5.74. The molecule has 3 rings (SSSR count). The maximum Gasteiger partial charge on any atom is 0.0964 e. The molecular formula is C15H27N5O. The van der Waals surface area contributed by atoms with E-state index in [0.29, 0.717) is 5.92 Å². The van der Waals surface area contributed by atoms with Crippen molar-refractivity contribution in [3.05, 3.63) is 11.9 Å². The third-order valence-electron chi connectivity index (χ3n) is 4.27. The average Bonchev–Trinajstić information content (AvgIpc) is 3.22. The van der Waals surface area contributed by atoms with E-state index in [4.69, 9.17) is 4.74 Å². The van der Waals surface area contributed by atoms with Crippen LogP contribution in [0.4, 0.5) is 0 Å². The highest BCUT2D eigenvalue weighted by molar-refractivity contribution is 4.94. The largest absolute Gasteiger partial charge is 0.381 e. The lowest BCUT2D eigenvalue weighted by molar-refractivity contribution is 0.0416. The summed E-state index contributed by atoms with van der Waals surface area (Å²) >= 11 is 0. The van der Waals surface area contributed by atoms with Gasteiger partial charge in [0.15, 0.2) is 0 Å². The quantitative estimate of drug-likeness (QED) is 0.771. The third kappa shape index (κ3) is 5.05. The molecule has 0 radical (unpaired) electrons. The molecule has 118 valence electrons. The molecule has 2 heterocycles. The Kier molecular flexibility index (Phi) is 5.22. The lowest BCUT2D eigenvalue weighted by Crippen LogP contribution is -2.33. The Labute approximate surface area is 126 Å². The summed E-state index contributed by atoms with van der Waals surface area (Å²) in [6.07, 6.45) is 7.18. The summed E-state index contributed by atoms with van der Waals surface area (Å²) < 4.78 is 7.50. The first-order valence-electron chi connectivity index (χ1n) is 8.18. The van der Waals surface area contributed by atoms with Gasteiger partial charge in [0.1, 0.15) is 0 Å². The summed E-state index contributed by atoms with van der Waals surface area (Å²) in [5.74, 6) is 0.692. The highest BCUT2D eigenvalue weighted by atomic mass is 16.5. The van der Waals surface area contributed by atoms with Crippen LogP contribution in [0, 0.1) is 5.92 Å². The molecule has 21 heavy (non-hydrogen) atoms. The minimum Gasteiger partial charge on any atom is -0.381 e. The summed E-state index contributed by atoms with van der Waals surface area (Å²) in [5, 5.41) is 11.9. The van der Waals surface area contributed by atoms with Crippen LogP contribution in [-0.4, -0.2) is 59.3 Å². The molecular weight excluding hydrogens is 266 g/mol. The van der Waals surface area contributed by atoms with Gasteiger partial charge in [-0.05, 0) is 38.6 Å². The van der Waals surface area contributed by atoms with Gasteiger partial charge in [-0.3, -0.25) is 4.68 Å². The third-order valence-corrected chi connectivity index (χ3v) is 4.27. The predicted molar refractivity (Wildman–Crippen MR) is 80.9 cm³/mol.